The molecule has 1 aliphatic rings. The highest BCUT2D eigenvalue weighted by atomic mass is 16.3. The zero-order chi connectivity index (χ0) is 14.7. The number of nitrogens with zero attached hydrogens (tertiary/aromatic N) is 1. The first-order chi connectivity index (χ1) is 9.45. The molecule has 1 fully saturated rings. The molecular weight excluding hydrogens is 248 g/mol. The second-order valence-corrected chi connectivity index (χ2v) is 6.81. The molecule has 0 amide bonds. The summed E-state index contributed by atoms with van der Waals surface area (Å²) in [6, 6.07) is 2.72. The van der Waals surface area contributed by atoms with Crippen LogP contribution in [0.3, 0.4) is 0 Å². The monoisotopic (exact) mass is 278 g/mol. The van der Waals surface area contributed by atoms with Crippen molar-refractivity contribution in [3.8, 4) is 0 Å². The average Bonchev–Trinajstić information content (AvgIpc) is 2.72. The maximum atomic E-state index is 5.87. The zero-order valence-corrected chi connectivity index (χ0v) is 13.7. The fourth-order valence-corrected chi connectivity index (χ4v) is 2.87. The van der Waals surface area contributed by atoms with Gasteiger partial charge in [-0.3, -0.25) is 4.90 Å². The number of hydrogen-bond acceptors (Lipinski definition) is 3. The molecule has 114 valence electrons. The summed E-state index contributed by atoms with van der Waals surface area (Å²) in [6.07, 6.45) is 1.32. The first kappa shape index (κ1) is 15.6. The predicted molar refractivity (Wildman–Crippen MR) is 83.6 cm³/mol. The van der Waals surface area contributed by atoms with Gasteiger partial charge in [0.1, 0.15) is 11.5 Å². The quantitative estimate of drug-likeness (QED) is 0.892. The minimum absolute atomic E-state index is 0.494. The van der Waals surface area contributed by atoms with Crippen molar-refractivity contribution in [3.05, 3.63) is 23.2 Å². The first-order valence-electron chi connectivity index (χ1n) is 7.99. The molecule has 0 saturated carbocycles. The van der Waals surface area contributed by atoms with Gasteiger partial charge in [0.25, 0.3) is 0 Å². The molecule has 1 aromatic heterocycles. The number of furan rings is 1. The molecule has 1 N–H and O–H groups in total. The highest BCUT2D eigenvalue weighted by Crippen LogP contribution is 2.25. The second-order valence-electron chi connectivity index (χ2n) is 6.81. The van der Waals surface area contributed by atoms with Crippen LogP contribution in [0.2, 0.25) is 0 Å². The molecule has 2 heterocycles. The van der Waals surface area contributed by atoms with Gasteiger partial charge in [0.05, 0.1) is 6.54 Å². The molecule has 2 unspecified atom stereocenters. The molecule has 20 heavy (non-hydrogen) atoms. The van der Waals surface area contributed by atoms with Crippen LogP contribution in [0, 0.1) is 18.8 Å². The lowest BCUT2D eigenvalue weighted by atomic mass is 9.88. The minimum atomic E-state index is 0.494. The van der Waals surface area contributed by atoms with Crippen LogP contribution in [-0.2, 0) is 13.1 Å². The van der Waals surface area contributed by atoms with Crippen LogP contribution in [0.15, 0.2) is 10.5 Å². The van der Waals surface area contributed by atoms with Crippen LogP contribution in [0.5, 0.6) is 0 Å². The molecular formula is C17H30N2O. The maximum absolute atomic E-state index is 5.87. The van der Waals surface area contributed by atoms with Gasteiger partial charge < -0.3 is 9.73 Å². The molecule has 0 aromatic carbocycles. The van der Waals surface area contributed by atoms with E-state index in [0.717, 1.165) is 36.4 Å². The van der Waals surface area contributed by atoms with E-state index in [2.05, 4.69) is 50.9 Å². The second kappa shape index (κ2) is 6.77. The predicted octanol–water partition coefficient (Wildman–Crippen LogP) is 3.56. The van der Waals surface area contributed by atoms with Gasteiger partial charge in [0.15, 0.2) is 0 Å². The summed E-state index contributed by atoms with van der Waals surface area (Å²) in [5.41, 5.74) is 1.35. The Hall–Kier alpha value is -0.800. The van der Waals surface area contributed by atoms with Gasteiger partial charge in [-0.25, -0.2) is 0 Å². The lowest BCUT2D eigenvalue weighted by Gasteiger charge is -2.35. The summed E-state index contributed by atoms with van der Waals surface area (Å²) in [5.74, 6) is 3.81. The molecule has 3 heteroatoms. The van der Waals surface area contributed by atoms with E-state index in [4.69, 9.17) is 4.42 Å². The smallest absolute Gasteiger partial charge is 0.118 e. The van der Waals surface area contributed by atoms with Crippen LogP contribution in [0.1, 0.15) is 51.2 Å². The van der Waals surface area contributed by atoms with Crippen molar-refractivity contribution in [3.63, 3.8) is 0 Å². The van der Waals surface area contributed by atoms with Crippen molar-refractivity contribution in [2.45, 2.75) is 60.2 Å². The van der Waals surface area contributed by atoms with Crippen molar-refractivity contribution in [2.75, 3.05) is 13.1 Å². The van der Waals surface area contributed by atoms with Gasteiger partial charge in [-0.2, -0.15) is 0 Å². The molecule has 0 aliphatic carbocycles. The highest BCUT2D eigenvalue weighted by molar-refractivity contribution is 5.21. The van der Waals surface area contributed by atoms with E-state index in [1.807, 2.05) is 0 Å². The summed E-state index contributed by atoms with van der Waals surface area (Å²) >= 11 is 0. The van der Waals surface area contributed by atoms with Crippen LogP contribution in [0.4, 0.5) is 0 Å². The van der Waals surface area contributed by atoms with Gasteiger partial charge in [-0.15, -0.1) is 0 Å². The Morgan fingerprint density at radius 3 is 2.75 bits per heavy atom. The Kier molecular flexibility index (Phi) is 5.28. The van der Waals surface area contributed by atoms with Gasteiger partial charge in [0, 0.05) is 24.7 Å². The number of likely N-dealkylation sites (tertiary alicyclic amines) is 1. The average molecular weight is 278 g/mol. The zero-order valence-electron chi connectivity index (χ0n) is 13.7. The first-order valence-corrected chi connectivity index (χ1v) is 7.99. The van der Waals surface area contributed by atoms with Gasteiger partial charge in [0.2, 0.25) is 0 Å². The molecule has 2 atom stereocenters. The van der Waals surface area contributed by atoms with Crippen molar-refractivity contribution in [2.24, 2.45) is 11.8 Å². The van der Waals surface area contributed by atoms with E-state index in [9.17, 15) is 0 Å². The van der Waals surface area contributed by atoms with Crippen LogP contribution in [-0.4, -0.2) is 24.0 Å². The maximum Gasteiger partial charge on any atom is 0.118 e. The Morgan fingerprint density at radius 2 is 2.10 bits per heavy atom. The van der Waals surface area contributed by atoms with Crippen molar-refractivity contribution in [1.29, 1.82) is 0 Å². The van der Waals surface area contributed by atoms with E-state index in [1.54, 1.807) is 0 Å². The lowest BCUT2D eigenvalue weighted by Crippen LogP contribution is -2.37. The largest absolute Gasteiger partial charge is 0.465 e. The van der Waals surface area contributed by atoms with Crippen LogP contribution >= 0.6 is 0 Å². The molecule has 0 radical (unpaired) electrons. The minimum Gasteiger partial charge on any atom is -0.465 e. The molecule has 3 nitrogen and oxygen atoms in total. The van der Waals surface area contributed by atoms with Crippen molar-refractivity contribution in [1.82, 2.24) is 10.2 Å². The molecule has 0 spiro atoms. The van der Waals surface area contributed by atoms with E-state index in [-0.39, 0.29) is 0 Å². The Balaban J connectivity index is 1.92. The van der Waals surface area contributed by atoms with E-state index < -0.39 is 0 Å². The number of aryl methyl sites for hydroxylation is 1. The summed E-state index contributed by atoms with van der Waals surface area (Å²) in [6.45, 7) is 15.4. The van der Waals surface area contributed by atoms with E-state index in [0.29, 0.717) is 6.04 Å². The molecule has 1 saturated heterocycles. The van der Waals surface area contributed by atoms with Crippen LogP contribution in [0.25, 0.3) is 0 Å². The summed E-state index contributed by atoms with van der Waals surface area (Å²) in [4.78, 5) is 2.57. The molecule has 0 bridgehead atoms. The number of nitrogens with one attached hydrogen (secondary N) is 1. The Morgan fingerprint density at radius 1 is 1.35 bits per heavy atom. The SMILES string of the molecule is Cc1oc(CNC(C)C)cc1CN1CCC(C)C(C)C1. The number of piperidine rings is 1. The fourth-order valence-electron chi connectivity index (χ4n) is 2.87. The Bertz CT molecular complexity index is 425. The highest BCUT2D eigenvalue weighted by Gasteiger charge is 2.23. The lowest BCUT2D eigenvalue weighted by molar-refractivity contribution is 0.131. The third-order valence-corrected chi connectivity index (χ3v) is 4.57. The molecule has 2 rings (SSSR count). The van der Waals surface area contributed by atoms with Gasteiger partial charge in [-0.1, -0.05) is 27.7 Å². The number of hydrogen-bond donors (Lipinski definition) is 1. The summed E-state index contributed by atoms with van der Waals surface area (Å²) in [5, 5.41) is 3.41. The summed E-state index contributed by atoms with van der Waals surface area (Å²) in [7, 11) is 0. The third kappa shape index (κ3) is 4.10. The molecule has 1 aromatic rings. The fraction of sp³-hybridized carbons (Fsp3) is 0.765. The molecule has 1 aliphatic heterocycles. The van der Waals surface area contributed by atoms with E-state index in [1.165, 1.54) is 25.1 Å². The Labute approximate surface area is 123 Å². The topological polar surface area (TPSA) is 28.4 Å². The number of rotatable bonds is 5. The van der Waals surface area contributed by atoms with Crippen molar-refractivity contribution >= 4 is 0 Å². The normalized spacial score (nSPS) is 24.5. The van der Waals surface area contributed by atoms with E-state index >= 15 is 0 Å². The standard InChI is InChI=1S/C17H30N2O/c1-12(2)18-9-17-8-16(15(5)20-17)11-19-7-6-13(3)14(4)10-19/h8,12-14,18H,6-7,9-11H2,1-5H3. The van der Waals surface area contributed by atoms with Gasteiger partial charge in [-0.05, 0) is 37.8 Å². The van der Waals surface area contributed by atoms with Gasteiger partial charge >= 0.3 is 0 Å². The summed E-state index contributed by atoms with van der Waals surface area (Å²) < 4.78 is 5.87. The van der Waals surface area contributed by atoms with Crippen LogP contribution < -0.4 is 5.32 Å². The van der Waals surface area contributed by atoms with Crippen molar-refractivity contribution < 1.29 is 4.42 Å². The third-order valence-electron chi connectivity index (χ3n) is 4.57.